The van der Waals surface area contributed by atoms with E-state index in [-0.39, 0.29) is 4.90 Å². The van der Waals surface area contributed by atoms with Gasteiger partial charge in [0.2, 0.25) is 0 Å². The van der Waals surface area contributed by atoms with Crippen LogP contribution in [-0.4, -0.2) is 36.8 Å². The summed E-state index contributed by atoms with van der Waals surface area (Å²) < 4.78 is 52.3. The average Bonchev–Trinajstić information content (AvgIpc) is 2.99. The Balaban J connectivity index is 0.000000164. The van der Waals surface area contributed by atoms with Crippen molar-refractivity contribution >= 4 is 20.1 Å². The van der Waals surface area contributed by atoms with E-state index < -0.39 is 20.1 Å². The van der Waals surface area contributed by atoms with Crippen molar-refractivity contribution in [2.75, 3.05) is 6.26 Å². The van der Waals surface area contributed by atoms with E-state index in [9.17, 15) is 16.8 Å². The van der Waals surface area contributed by atoms with E-state index in [2.05, 4.69) is 10.4 Å². The molecule has 8 nitrogen and oxygen atoms in total. The van der Waals surface area contributed by atoms with Gasteiger partial charge in [-0.3, -0.25) is 4.55 Å². The van der Waals surface area contributed by atoms with Crippen LogP contribution < -0.4 is 5.32 Å². The number of rotatable bonds is 2. The summed E-state index contributed by atoms with van der Waals surface area (Å²) in [5, 5.41) is 7.00. The van der Waals surface area contributed by atoms with Gasteiger partial charge in [-0.1, -0.05) is 18.2 Å². The molecule has 10 heteroatoms. The van der Waals surface area contributed by atoms with Gasteiger partial charge in [0.1, 0.15) is 0 Å². The Labute approximate surface area is 128 Å². The lowest BCUT2D eigenvalue weighted by Gasteiger charge is -1.96. The average molecular weight is 345 g/mol. The molecule has 2 N–H and O–H groups in total. The van der Waals surface area contributed by atoms with Gasteiger partial charge in [-0.05, 0) is 12.1 Å². The zero-order valence-corrected chi connectivity index (χ0v) is 13.3. The molecule has 0 atom stereocenters. The van der Waals surface area contributed by atoms with Gasteiger partial charge in [-0.25, -0.2) is 8.42 Å². The quantitative estimate of drug-likeness (QED) is 0.748. The molecule has 0 aliphatic carbocycles. The predicted octanol–water partition coefficient (Wildman–Crippen LogP) is 0.227. The fraction of sp³-hybridized carbons (Fsp3) is 0.250. The van der Waals surface area contributed by atoms with Crippen LogP contribution in [-0.2, 0) is 33.2 Å². The topological polar surface area (TPSA) is 118 Å². The maximum absolute atomic E-state index is 11.0. The lowest BCUT2D eigenvalue weighted by Crippen LogP contribution is -2.13. The molecule has 22 heavy (non-hydrogen) atoms. The van der Waals surface area contributed by atoms with Crippen LogP contribution >= 0.6 is 0 Å². The third-order valence-corrected chi connectivity index (χ3v) is 4.58. The second-order valence-electron chi connectivity index (χ2n) is 4.63. The molecule has 0 unspecified atom stereocenters. The van der Waals surface area contributed by atoms with Crippen molar-refractivity contribution in [3.05, 3.63) is 47.8 Å². The van der Waals surface area contributed by atoms with Gasteiger partial charge in [0, 0.05) is 24.8 Å². The monoisotopic (exact) mass is 345 g/mol. The van der Waals surface area contributed by atoms with Crippen LogP contribution in [0, 0.1) is 0 Å². The van der Waals surface area contributed by atoms with Crippen molar-refractivity contribution in [2.45, 2.75) is 18.0 Å². The van der Waals surface area contributed by atoms with Crippen molar-refractivity contribution in [1.82, 2.24) is 14.5 Å². The fourth-order valence-corrected chi connectivity index (χ4v) is 2.86. The summed E-state index contributed by atoms with van der Waals surface area (Å²) >= 11 is 0. The van der Waals surface area contributed by atoms with Crippen LogP contribution in [0.15, 0.2) is 41.4 Å². The van der Waals surface area contributed by atoms with Crippen LogP contribution in [0.5, 0.6) is 0 Å². The minimum atomic E-state index is -4.00. The predicted molar refractivity (Wildman–Crippen MR) is 79.3 cm³/mol. The van der Waals surface area contributed by atoms with Crippen molar-refractivity contribution in [1.29, 1.82) is 0 Å². The Morgan fingerprint density at radius 3 is 2.23 bits per heavy atom. The summed E-state index contributed by atoms with van der Waals surface area (Å²) in [6, 6.07) is 7.42. The Hall–Kier alpha value is -1.75. The zero-order chi connectivity index (χ0) is 16.4. The maximum atomic E-state index is 11.0. The minimum Gasteiger partial charge on any atom is -0.307 e. The lowest BCUT2D eigenvalue weighted by atomic mass is 10.3. The highest BCUT2D eigenvalue weighted by Crippen LogP contribution is 2.13. The first kappa shape index (κ1) is 16.6. The molecule has 0 saturated carbocycles. The molecular formula is C12H15N3O5S2. The summed E-state index contributed by atoms with van der Waals surface area (Å²) in [5.41, 5.74) is 1.81. The molecule has 0 saturated heterocycles. The first-order valence-corrected chi connectivity index (χ1v) is 9.48. The van der Waals surface area contributed by atoms with Gasteiger partial charge in [0.05, 0.1) is 16.8 Å². The summed E-state index contributed by atoms with van der Waals surface area (Å²) in [7, 11) is -7.21. The Kier molecular flexibility index (Phi) is 4.66. The van der Waals surface area contributed by atoms with Crippen LogP contribution in [0.4, 0.5) is 0 Å². The number of hydrogen-bond donors (Lipinski definition) is 2. The van der Waals surface area contributed by atoms with E-state index in [1.165, 1.54) is 12.1 Å². The molecule has 3 rings (SSSR count). The van der Waals surface area contributed by atoms with Crippen LogP contribution in [0.25, 0.3) is 0 Å². The normalized spacial score (nSPS) is 14.1. The molecule has 1 aromatic heterocycles. The van der Waals surface area contributed by atoms with E-state index in [0.29, 0.717) is 13.1 Å². The first-order chi connectivity index (χ1) is 10.2. The van der Waals surface area contributed by atoms with Crippen molar-refractivity contribution < 1.29 is 21.4 Å². The number of benzene rings is 1. The van der Waals surface area contributed by atoms with Crippen molar-refractivity contribution in [2.24, 2.45) is 0 Å². The highest BCUT2D eigenvalue weighted by Gasteiger charge is 2.17. The van der Waals surface area contributed by atoms with Crippen molar-refractivity contribution in [3.63, 3.8) is 0 Å². The molecule has 0 radical (unpaired) electrons. The smallest absolute Gasteiger partial charge is 0.294 e. The molecule has 0 amide bonds. The minimum absolute atomic E-state index is 0.0741. The SMILES string of the molecule is CS(=O)(=O)n1cc2c(n1)CNC2.O=S(=O)(O)c1ccccc1. The Morgan fingerprint density at radius 2 is 1.77 bits per heavy atom. The van der Waals surface area contributed by atoms with E-state index in [4.69, 9.17) is 4.55 Å². The highest BCUT2D eigenvalue weighted by molar-refractivity contribution is 7.89. The van der Waals surface area contributed by atoms with Gasteiger partial charge in [0.15, 0.2) is 0 Å². The fourth-order valence-electron chi connectivity index (χ4n) is 1.79. The standard InChI is InChI=1S/C6H9N3O2S.C6H6O3S/c1-12(10,11)9-4-5-2-7-3-6(5)8-9;7-10(8,9)6-4-2-1-3-5-6/h4,7H,2-3H2,1H3;1-5H,(H,7,8,9). The molecule has 0 bridgehead atoms. The molecule has 120 valence electrons. The van der Waals surface area contributed by atoms with E-state index in [1.807, 2.05) is 0 Å². The largest absolute Gasteiger partial charge is 0.307 e. The van der Waals surface area contributed by atoms with Gasteiger partial charge in [-0.15, -0.1) is 0 Å². The molecular weight excluding hydrogens is 330 g/mol. The summed E-state index contributed by atoms with van der Waals surface area (Å²) in [5.74, 6) is 0. The van der Waals surface area contributed by atoms with Crippen LogP contribution in [0.1, 0.15) is 11.3 Å². The number of nitrogens with zero attached hydrogens (tertiary/aromatic N) is 2. The molecule has 2 aromatic rings. The van der Waals surface area contributed by atoms with Crippen LogP contribution in [0.3, 0.4) is 0 Å². The number of aromatic nitrogens is 2. The summed E-state index contributed by atoms with van der Waals surface area (Å²) in [6.45, 7) is 1.38. The Morgan fingerprint density at radius 1 is 1.14 bits per heavy atom. The summed E-state index contributed by atoms with van der Waals surface area (Å²) in [6.07, 6.45) is 2.70. The Bertz CT molecular complexity index is 836. The maximum Gasteiger partial charge on any atom is 0.294 e. The van der Waals surface area contributed by atoms with Gasteiger partial charge in [0.25, 0.3) is 20.1 Å². The molecule has 1 aliphatic heterocycles. The molecule has 0 spiro atoms. The van der Waals surface area contributed by atoms with Crippen molar-refractivity contribution in [3.8, 4) is 0 Å². The van der Waals surface area contributed by atoms with E-state index in [0.717, 1.165) is 21.6 Å². The molecule has 1 aliphatic rings. The molecule has 0 fully saturated rings. The van der Waals surface area contributed by atoms with Gasteiger partial charge >= 0.3 is 0 Å². The summed E-state index contributed by atoms with van der Waals surface area (Å²) in [4.78, 5) is -0.0741. The number of hydrogen-bond acceptors (Lipinski definition) is 6. The highest BCUT2D eigenvalue weighted by atomic mass is 32.2. The lowest BCUT2D eigenvalue weighted by molar-refractivity contribution is 0.483. The van der Waals surface area contributed by atoms with Gasteiger partial charge < -0.3 is 5.32 Å². The van der Waals surface area contributed by atoms with E-state index >= 15 is 0 Å². The third kappa shape index (κ3) is 4.13. The second-order valence-corrected chi connectivity index (χ2v) is 7.89. The number of nitrogens with one attached hydrogen (secondary N) is 1. The third-order valence-electron chi connectivity index (χ3n) is 2.84. The molecule has 1 aromatic carbocycles. The number of fused-ring (bicyclic) bond motifs is 1. The molecule has 2 heterocycles. The zero-order valence-electron chi connectivity index (χ0n) is 11.7. The van der Waals surface area contributed by atoms with Crippen LogP contribution in [0.2, 0.25) is 0 Å². The van der Waals surface area contributed by atoms with E-state index in [1.54, 1.807) is 24.4 Å². The second kappa shape index (κ2) is 6.16. The van der Waals surface area contributed by atoms with Gasteiger partial charge in [-0.2, -0.15) is 17.6 Å². The first-order valence-electron chi connectivity index (χ1n) is 6.19.